The van der Waals surface area contributed by atoms with Gasteiger partial charge in [0.1, 0.15) is 5.15 Å². The number of anilines is 1. The summed E-state index contributed by atoms with van der Waals surface area (Å²) in [5.74, 6) is 0.157. The monoisotopic (exact) mass is 227 g/mol. The van der Waals surface area contributed by atoms with Crippen LogP contribution in [0.1, 0.15) is 6.42 Å². The van der Waals surface area contributed by atoms with E-state index < -0.39 is 0 Å². The van der Waals surface area contributed by atoms with Gasteiger partial charge in [-0.15, -0.1) is 6.58 Å². The molecule has 1 aromatic heterocycles. The summed E-state index contributed by atoms with van der Waals surface area (Å²) in [6.45, 7) is 3.44. The Morgan fingerprint density at radius 2 is 2.47 bits per heavy atom. The van der Waals surface area contributed by atoms with Crippen molar-refractivity contribution in [3.8, 4) is 5.88 Å². The molecule has 1 N–H and O–H groups in total. The maximum absolute atomic E-state index is 11.2. The number of nitrogens with one attached hydrogen (secondary N) is 1. The second kappa shape index (κ2) is 5.31. The number of ether oxygens (including phenoxy) is 1. The lowest BCUT2D eigenvalue weighted by molar-refractivity contribution is -0.115. The molecule has 0 atom stereocenters. The summed E-state index contributed by atoms with van der Waals surface area (Å²) in [4.78, 5) is 18.9. The highest BCUT2D eigenvalue weighted by Gasteiger charge is 2.06. The van der Waals surface area contributed by atoms with E-state index in [1.807, 2.05) is 0 Å². The molecule has 0 radical (unpaired) electrons. The zero-order valence-corrected chi connectivity index (χ0v) is 8.91. The summed E-state index contributed by atoms with van der Waals surface area (Å²) in [5, 5.41) is 2.67. The van der Waals surface area contributed by atoms with E-state index in [-0.39, 0.29) is 23.4 Å². The molecule has 1 heterocycles. The first-order chi connectivity index (χ1) is 7.15. The lowest BCUT2D eigenvalue weighted by atomic mass is 10.4. The Balaban J connectivity index is 2.80. The average molecular weight is 228 g/mol. The van der Waals surface area contributed by atoms with Gasteiger partial charge >= 0.3 is 0 Å². The highest BCUT2D eigenvalue weighted by atomic mass is 35.5. The summed E-state index contributed by atoms with van der Waals surface area (Å²) in [5.41, 5.74) is 0. The molecular weight excluding hydrogens is 218 g/mol. The van der Waals surface area contributed by atoms with Gasteiger partial charge in [-0.3, -0.25) is 10.1 Å². The number of aromatic nitrogens is 2. The Hall–Kier alpha value is -1.62. The van der Waals surface area contributed by atoms with E-state index in [1.165, 1.54) is 19.3 Å². The molecule has 0 aliphatic carbocycles. The number of carbonyl (C=O) groups excluding carboxylic acids is 1. The van der Waals surface area contributed by atoms with Gasteiger partial charge in [0.05, 0.1) is 7.11 Å². The van der Waals surface area contributed by atoms with Crippen LogP contribution in [0.15, 0.2) is 18.7 Å². The van der Waals surface area contributed by atoms with Gasteiger partial charge in [-0.2, -0.15) is 4.98 Å². The minimum absolute atomic E-state index is 0.117. The molecule has 15 heavy (non-hydrogen) atoms. The van der Waals surface area contributed by atoms with Crippen molar-refractivity contribution in [2.24, 2.45) is 0 Å². The number of halogens is 1. The van der Waals surface area contributed by atoms with E-state index in [1.54, 1.807) is 0 Å². The fraction of sp³-hybridized carbons (Fsp3) is 0.222. The van der Waals surface area contributed by atoms with Crippen LogP contribution in [0.2, 0.25) is 5.15 Å². The van der Waals surface area contributed by atoms with Crippen molar-refractivity contribution in [3.63, 3.8) is 0 Å². The van der Waals surface area contributed by atoms with Gasteiger partial charge in [-0.05, 0) is 0 Å². The van der Waals surface area contributed by atoms with E-state index in [0.29, 0.717) is 5.88 Å². The molecule has 0 aliphatic heterocycles. The molecule has 0 saturated carbocycles. The smallest absolute Gasteiger partial charge is 0.234 e. The third kappa shape index (κ3) is 3.55. The number of amides is 1. The largest absolute Gasteiger partial charge is 0.481 e. The van der Waals surface area contributed by atoms with Crippen molar-refractivity contribution in [2.75, 3.05) is 12.4 Å². The zero-order valence-electron chi connectivity index (χ0n) is 8.16. The van der Waals surface area contributed by atoms with Crippen molar-refractivity contribution in [3.05, 3.63) is 23.9 Å². The predicted octanol–water partition coefficient (Wildman–Crippen LogP) is 1.65. The topological polar surface area (TPSA) is 64.1 Å². The number of nitrogens with zero attached hydrogens (tertiary/aromatic N) is 2. The fourth-order valence-electron chi connectivity index (χ4n) is 0.864. The summed E-state index contributed by atoms with van der Waals surface area (Å²) >= 11 is 5.69. The lowest BCUT2D eigenvalue weighted by Crippen LogP contribution is -2.12. The van der Waals surface area contributed by atoms with Crippen LogP contribution < -0.4 is 10.1 Å². The molecule has 0 aromatic carbocycles. The summed E-state index contributed by atoms with van der Waals surface area (Å²) < 4.78 is 4.87. The van der Waals surface area contributed by atoms with Gasteiger partial charge in [0.25, 0.3) is 0 Å². The van der Waals surface area contributed by atoms with E-state index in [9.17, 15) is 4.79 Å². The second-order valence-electron chi connectivity index (χ2n) is 2.60. The van der Waals surface area contributed by atoms with E-state index in [4.69, 9.17) is 16.3 Å². The van der Waals surface area contributed by atoms with Crippen LogP contribution in [0.4, 0.5) is 5.95 Å². The van der Waals surface area contributed by atoms with Crippen molar-refractivity contribution < 1.29 is 9.53 Å². The van der Waals surface area contributed by atoms with Crippen LogP contribution in [0.5, 0.6) is 5.88 Å². The SMILES string of the molecule is C=CCC(=O)Nc1nc(Cl)cc(OC)n1. The summed E-state index contributed by atoms with van der Waals surface area (Å²) in [7, 11) is 1.45. The quantitative estimate of drug-likeness (QED) is 0.628. The first-order valence-electron chi connectivity index (χ1n) is 4.15. The molecule has 6 heteroatoms. The molecule has 0 bridgehead atoms. The third-order valence-electron chi connectivity index (χ3n) is 1.46. The number of methoxy groups -OCH3 is 1. The molecule has 1 amide bonds. The van der Waals surface area contributed by atoms with Crippen molar-refractivity contribution in [1.82, 2.24) is 9.97 Å². The van der Waals surface area contributed by atoms with Crippen molar-refractivity contribution >= 4 is 23.5 Å². The maximum Gasteiger partial charge on any atom is 0.234 e. The van der Waals surface area contributed by atoms with Crippen LogP contribution in [-0.2, 0) is 4.79 Å². The molecule has 0 spiro atoms. The van der Waals surface area contributed by atoms with Crippen LogP contribution in [0.25, 0.3) is 0 Å². The van der Waals surface area contributed by atoms with Crippen LogP contribution in [0, 0.1) is 0 Å². The highest BCUT2D eigenvalue weighted by Crippen LogP contribution is 2.15. The zero-order chi connectivity index (χ0) is 11.3. The number of hydrogen-bond acceptors (Lipinski definition) is 4. The Bertz CT molecular complexity index is 382. The molecule has 1 aromatic rings. The van der Waals surface area contributed by atoms with Crippen molar-refractivity contribution in [2.45, 2.75) is 6.42 Å². The molecule has 0 saturated heterocycles. The standard InChI is InChI=1S/C9H10ClN3O2/c1-3-4-7(14)12-9-11-6(10)5-8(13-9)15-2/h3,5H,1,4H2,2H3,(H,11,12,13,14). The highest BCUT2D eigenvalue weighted by molar-refractivity contribution is 6.29. The van der Waals surface area contributed by atoms with E-state index in [2.05, 4.69) is 21.9 Å². The molecule has 0 unspecified atom stereocenters. The van der Waals surface area contributed by atoms with Gasteiger partial charge in [0, 0.05) is 12.5 Å². The van der Waals surface area contributed by atoms with E-state index in [0.717, 1.165) is 0 Å². The Morgan fingerprint density at radius 1 is 1.73 bits per heavy atom. The first-order valence-corrected chi connectivity index (χ1v) is 4.53. The fourth-order valence-corrected chi connectivity index (χ4v) is 1.04. The average Bonchev–Trinajstić information content (AvgIpc) is 2.17. The van der Waals surface area contributed by atoms with Gasteiger partial charge < -0.3 is 4.74 Å². The van der Waals surface area contributed by atoms with Crippen LogP contribution in [0.3, 0.4) is 0 Å². The minimum Gasteiger partial charge on any atom is -0.481 e. The van der Waals surface area contributed by atoms with Crippen molar-refractivity contribution in [1.29, 1.82) is 0 Å². The van der Waals surface area contributed by atoms with Crippen LogP contribution >= 0.6 is 11.6 Å². The molecule has 80 valence electrons. The van der Waals surface area contributed by atoms with Gasteiger partial charge in [0.2, 0.25) is 17.7 Å². The van der Waals surface area contributed by atoms with E-state index >= 15 is 0 Å². The molecular formula is C9H10ClN3O2. The first kappa shape index (κ1) is 11.5. The van der Waals surface area contributed by atoms with Gasteiger partial charge in [0.15, 0.2) is 0 Å². The molecule has 5 nitrogen and oxygen atoms in total. The molecule has 1 rings (SSSR count). The Morgan fingerprint density at radius 3 is 3.07 bits per heavy atom. The second-order valence-corrected chi connectivity index (χ2v) is 2.98. The van der Waals surface area contributed by atoms with Gasteiger partial charge in [-0.25, -0.2) is 4.98 Å². The lowest BCUT2D eigenvalue weighted by Gasteiger charge is -2.04. The van der Waals surface area contributed by atoms with Crippen LogP contribution in [-0.4, -0.2) is 23.0 Å². The third-order valence-corrected chi connectivity index (χ3v) is 1.66. The molecule has 0 aliphatic rings. The number of rotatable bonds is 4. The van der Waals surface area contributed by atoms with Gasteiger partial charge in [-0.1, -0.05) is 17.7 Å². The predicted molar refractivity (Wildman–Crippen MR) is 57.0 cm³/mol. The normalized spacial score (nSPS) is 9.47. The summed E-state index contributed by atoms with van der Waals surface area (Å²) in [6.07, 6.45) is 1.68. The number of hydrogen-bond donors (Lipinski definition) is 1. The minimum atomic E-state index is -0.255. The summed E-state index contributed by atoms with van der Waals surface area (Å²) in [6, 6.07) is 1.45. The number of carbonyl (C=O) groups is 1. The Labute approximate surface area is 92.1 Å². The Kier molecular flexibility index (Phi) is 4.05. The molecule has 0 fully saturated rings. The maximum atomic E-state index is 11.2.